The zero-order valence-corrected chi connectivity index (χ0v) is 17.2. The van der Waals surface area contributed by atoms with E-state index in [-0.39, 0.29) is 29.4 Å². The monoisotopic (exact) mass is 459 g/mol. The lowest BCUT2D eigenvalue weighted by atomic mass is 10.2. The van der Waals surface area contributed by atoms with E-state index in [0.717, 1.165) is 26.0 Å². The molecule has 1 aromatic heterocycles. The summed E-state index contributed by atoms with van der Waals surface area (Å²) in [4.78, 5) is 34.2. The number of nitrogens with one attached hydrogen (secondary N) is 2. The maximum absolute atomic E-state index is 14.2. The Morgan fingerprint density at radius 3 is 2.53 bits per heavy atom. The predicted molar refractivity (Wildman–Crippen MR) is 105 cm³/mol. The number of guanidine groups is 1. The first-order chi connectivity index (χ1) is 15.1. The normalized spacial score (nSPS) is 18.1. The van der Waals surface area contributed by atoms with E-state index < -0.39 is 36.4 Å². The second-order valence-electron chi connectivity index (χ2n) is 7.01. The van der Waals surface area contributed by atoms with Crippen molar-refractivity contribution in [3.8, 4) is 11.8 Å². The van der Waals surface area contributed by atoms with Gasteiger partial charge in [0.1, 0.15) is 11.7 Å². The summed E-state index contributed by atoms with van der Waals surface area (Å²) in [5.41, 5.74) is -0.204. The topological polar surface area (TPSA) is 105 Å². The minimum atomic E-state index is -4.68. The molecule has 1 fully saturated rings. The Bertz CT molecular complexity index is 946. The highest BCUT2D eigenvalue weighted by Gasteiger charge is 2.34. The van der Waals surface area contributed by atoms with Crippen LogP contribution in [-0.4, -0.2) is 60.1 Å². The first-order valence-corrected chi connectivity index (χ1v) is 9.69. The predicted octanol–water partition coefficient (Wildman–Crippen LogP) is 2.21. The molecule has 1 aromatic rings. The number of ether oxygens (including phenoxy) is 2. The molecule has 0 aromatic carbocycles. The standard InChI is InChI=1S/C19H21F4N5O4/c1-3-28-13(6-7-24-18(28)26-14(29)10-4-5-10)15(30)25-12-8-11(20)16(27-17(12)31-2)32-9-19(21,22)23/h6-8,10,13H,3-5,9H2,1-2H3,(H,25,30)(H,24,26,29). The van der Waals surface area contributed by atoms with E-state index in [1.54, 1.807) is 6.92 Å². The third kappa shape index (κ3) is 5.65. The Morgan fingerprint density at radius 1 is 1.22 bits per heavy atom. The van der Waals surface area contributed by atoms with Crippen molar-refractivity contribution in [3.05, 3.63) is 24.2 Å². The number of likely N-dealkylation sites (N-methyl/N-ethyl adjacent to an activating group) is 1. The summed E-state index contributed by atoms with van der Waals surface area (Å²) < 4.78 is 60.5. The van der Waals surface area contributed by atoms with Crippen LogP contribution in [0.3, 0.4) is 0 Å². The number of nitrogens with zero attached hydrogens (tertiary/aromatic N) is 3. The minimum Gasteiger partial charge on any atom is -0.479 e. The summed E-state index contributed by atoms with van der Waals surface area (Å²) in [6, 6.07) is -0.150. The summed E-state index contributed by atoms with van der Waals surface area (Å²) in [7, 11) is 1.15. The van der Waals surface area contributed by atoms with Gasteiger partial charge in [0.05, 0.1) is 7.11 Å². The molecule has 13 heteroatoms. The van der Waals surface area contributed by atoms with Crippen molar-refractivity contribution in [2.45, 2.75) is 32.0 Å². The molecule has 2 aliphatic rings. The number of methoxy groups -OCH3 is 1. The molecule has 0 bridgehead atoms. The van der Waals surface area contributed by atoms with Crippen LogP contribution in [0, 0.1) is 11.7 Å². The Labute approximate surface area is 180 Å². The molecule has 1 saturated carbocycles. The number of halogens is 4. The molecule has 32 heavy (non-hydrogen) atoms. The van der Waals surface area contributed by atoms with Gasteiger partial charge in [-0.1, -0.05) is 0 Å². The zero-order valence-electron chi connectivity index (χ0n) is 17.2. The molecule has 2 N–H and O–H groups in total. The average Bonchev–Trinajstić information content (AvgIpc) is 3.57. The van der Waals surface area contributed by atoms with Crippen LogP contribution in [-0.2, 0) is 9.59 Å². The fourth-order valence-corrected chi connectivity index (χ4v) is 2.90. The van der Waals surface area contributed by atoms with Gasteiger partial charge >= 0.3 is 6.18 Å². The molecule has 2 heterocycles. The zero-order chi connectivity index (χ0) is 23.5. The molecule has 1 unspecified atom stereocenters. The van der Waals surface area contributed by atoms with Gasteiger partial charge in [-0.3, -0.25) is 14.9 Å². The maximum atomic E-state index is 14.2. The number of aromatic nitrogens is 1. The molecule has 9 nitrogen and oxygen atoms in total. The number of pyridine rings is 1. The largest absolute Gasteiger partial charge is 0.479 e. The lowest BCUT2D eigenvalue weighted by Crippen LogP contribution is -2.53. The second kappa shape index (κ2) is 9.40. The summed E-state index contributed by atoms with van der Waals surface area (Å²) in [6.45, 7) is 0.339. The van der Waals surface area contributed by atoms with Crippen LogP contribution in [0.5, 0.6) is 11.8 Å². The third-order valence-electron chi connectivity index (χ3n) is 4.60. The number of rotatable bonds is 7. The molecular formula is C19H21F4N5O4. The van der Waals surface area contributed by atoms with Crippen molar-refractivity contribution in [1.29, 1.82) is 0 Å². The fourth-order valence-electron chi connectivity index (χ4n) is 2.90. The van der Waals surface area contributed by atoms with Gasteiger partial charge in [-0.15, -0.1) is 0 Å². The first kappa shape index (κ1) is 23.3. The van der Waals surface area contributed by atoms with E-state index in [2.05, 4.69) is 25.3 Å². The van der Waals surface area contributed by atoms with Gasteiger partial charge in [0.2, 0.25) is 17.7 Å². The SMILES string of the molecule is CCN1C(NC(=O)C2CC2)=NC=CC1C(=O)Nc1cc(F)c(OCC(F)(F)F)nc1OC. The van der Waals surface area contributed by atoms with Crippen LogP contribution in [0.1, 0.15) is 19.8 Å². The Hall–Kier alpha value is -3.38. The molecule has 1 aliphatic carbocycles. The van der Waals surface area contributed by atoms with Crippen LogP contribution in [0.2, 0.25) is 0 Å². The smallest absolute Gasteiger partial charge is 0.422 e. The van der Waals surface area contributed by atoms with Crippen LogP contribution >= 0.6 is 0 Å². The summed E-state index contributed by atoms with van der Waals surface area (Å²) in [6.07, 6.45) is -0.247. The van der Waals surface area contributed by atoms with Crippen molar-refractivity contribution in [1.82, 2.24) is 15.2 Å². The van der Waals surface area contributed by atoms with Crippen LogP contribution in [0.4, 0.5) is 23.2 Å². The Kier molecular flexibility index (Phi) is 6.84. The first-order valence-electron chi connectivity index (χ1n) is 9.69. The Morgan fingerprint density at radius 2 is 1.94 bits per heavy atom. The molecule has 3 rings (SSSR count). The lowest BCUT2D eigenvalue weighted by molar-refractivity contribution is -0.154. The third-order valence-corrected chi connectivity index (χ3v) is 4.60. The van der Waals surface area contributed by atoms with Crippen LogP contribution in [0.15, 0.2) is 23.3 Å². The highest BCUT2D eigenvalue weighted by Crippen LogP contribution is 2.30. The maximum Gasteiger partial charge on any atom is 0.422 e. The summed E-state index contributed by atoms with van der Waals surface area (Å²) in [5, 5.41) is 5.14. The molecule has 2 amide bonds. The molecule has 1 atom stereocenters. The Balaban J connectivity index is 1.74. The molecule has 0 saturated heterocycles. The van der Waals surface area contributed by atoms with E-state index in [0.29, 0.717) is 6.54 Å². The molecule has 174 valence electrons. The summed E-state index contributed by atoms with van der Waals surface area (Å²) >= 11 is 0. The number of anilines is 1. The van der Waals surface area contributed by atoms with Crippen molar-refractivity contribution >= 4 is 23.5 Å². The molecule has 0 radical (unpaired) electrons. The van der Waals surface area contributed by atoms with E-state index >= 15 is 0 Å². The lowest BCUT2D eigenvalue weighted by Gasteiger charge is -2.32. The number of hydrogen-bond donors (Lipinski definition) is 2. The molecule has 0 spiro atoms. The van der Waals surface area contributed by atoms with Crippen molar-refractivity contribution < 1.29 is 36.6 Å². The number of alkyl halides is 3. The van der Waals surface area contributed by atoms with E-state index in [4.69, 9.17) is 4.74 Å². The van der Waals surface area contributed by atoms with Gasteiger partial charge in [0.25, 0.3) is 11.8 Å². The van der Waals surface area contributed by atoms with Crippen LogP contribution < -0.4 is 20.1 Å². The second-order valence-corrected chi connectivity index (χ2v) is 7.01. The van der Waals surface area contributed by atoms with Gasteiger partial charge in [-0.25, -0.2) is 9.38 Å². The average molecular weight is 459 g/mol. The van der Waals surface area contributed by atoms with Gasteiger partial charge in [0.15, 0.2) is 12.4 Å². The fraction of sp³-hybridized carbons (Fsp3) is 0.474. The quantitative estimate of drug-likeness (QED) is 0.606. The van der Waals surface area contributed by atoms with E-state index in [9.17, 15) is 27.2 Å². The van der Waals surface area contributed by atoms with Gasteiger partial charge in [-0.2, -0.15) is 18.2 Å². The van der Waals surface area contributed by atoms with Gasteiger partial charge < -0.3 is 19.7 Å². The molecular weight excluding hydrogens is 438 g/mol. The summed E-state index contributed by atoms with van der Waals surface area (Å²) in [5.74, 6) is -3.13. The highest BCUT2D eigenvalue weighted by molar-refractivity contribution is 6.04. The minimum absolute atomic E-state index is 0.0639. The highest BCUT2D eigenvalue weighted by atomic mass is 19.4. The number of aliphatic imine (C=N–C) groups is 1. The van der Waals surface area contributed by atoms with Crippen molar-refractivity contribution in [3.63, 3.8) is 0 Å². The van der Waals surface area contributed by atoms with E-state index in [1.807, 2.05) is 0 Å². The van der Waals surface area contributed by atoms with E-state index in [1.165, 1.54) is 17.2 Å². The number of hydrogen-bond acceptors (Lipinski definition) is 7. The van der Waals surface area contributed by atoms with Crippen molar-refractivity contribution in [2.24, 2.45) is 10.9 Å². The van der Waals surface area contributed by atoms with Gasteiger partial charge in [-0.05, 0) is 25.8 Å². The van der Waals surface area contributed by atoms with Gasteiger partial charge in [0, 0.05) is 24.7 Å². The number of carbonyl (C=O) groups is 2. The number of amides is 2. The van der Waals surface area contributed by atoms with Crippen LogP contribution in [0.25, 0.3) is 0 Å². The molecule has 1 aliphatic heterocycles. The van der Waals surface area contributed by atoms with Crippen molar-refractivity contribution in [2.75, 3.05) is 25.6 Å². The number of carbonyl (C=O) groups excluding carboxylic acids is 2.